The molecular weight excluding hydrogens is 497 g/mol. The van der Waals surface area contributed by atoms with Crippen LogP contribution < -0.4 is 10.6 Å². The molecule has 1 aromatic heterocycles. The predicted molar refractivity (Wildman–Crippen MR) is 153 cm³/mol. The van der Waals surface area contributed by atoms with E-state index in [1.54, 1.807) is 24.0 Å². The lowest BCUT2D eigenvalue weighted by atomic mass is 9.96. The van der Waals surface area contributed by atoms with Gasteiger partial charge in [-0.15, -0.1) is 0 Å². The maximum absolute atomic E-state index is 15.0. The summed E-state index contributed by atoms with van der Waals surface area (Å²) in [6, 6.07) is 3.99. The number of rotatable bonds is 6. The van der Waals surface area contributed by atoms with Crippen molar-refractivity contribution in [2.24, 2.45) is 0 Å². The lowest BCUT2D eigenvalue weighted by Crippen LogP contribution is -2.49. The molecule has 1 saturated heterocycles. The van der Waals surface area contributed by atoms with Crippen LogP contribution in [0.3, 0.4) is 0 Å². The first-order chi connectivity index (χ1) is 18.3. The van der Waals surface area contributed by atoms with Gasteiger partial charge in [-0.05, 0) is 58.6 Å². The van der Waals surface area contributed by atoms with E-state index in [1.807, 2.05) is 48.5 Å². The minimum atomic E-state index is -1.04. The van der Waals surface area contributed by atoms with Gasteiger partial charge in [0.2, 0.25) is 5.91 Å². The average Bonchev–Trinajstić information content (AvgIpc) is 3.61. The van der Waals surface area contributed by atoms with Crippen LogP contribution in [0.15, 0.2) is 30.6 Å². The minimum absolute atomic E-state index is 0. The molecule has 0 bridgehead atoms. The van der Waals surface area contributed by atoms with Gasteiger partial charge in [0.15, 0.2) is 0 Å². The number of likely N-dealkylation sites (tertiary alicyclic amines) is 1. The van der Waals surface area contributed by atoms with Crippen molar-refractivity contribution >= 4 is 17.7 Å². The van der Waals surface area contributed by atoms with E-state index in [-0.39, 0.29) is 43.3 Å². The highest BCUT2D eigenvalue weighted by Crippen LogP contribution is 2.37. The first kappa shape index (κ1) is 30.2. The quantitative estimate of drug-likeness (QED) is 0.495. The van der Waals surface area contributed by atoms with Crippen LogP contribution >= 0.6 is 0 Å². The third kappa shape index (κ3) is 6.62. The fourth-order valence-corrected chi connectivity index (χ4v) is 4.82. The zero-order chi connectivity index (χ0) is 29.1. The second-order valence-electron chi connectivity index (χ2n) is 11.5. The van der Waals surface area contributed by atoms with Gasteiger partial charge >= 0.3 is 0 Å². The lowest BCUT2D eigenvalue weighted by Gasteiger charge is -2.27. The first-order valence-electron chi connectivity index (χ1n) is 13.9. The summed E-state index contributed by atoms with van der Waals surface area (Å²) in [5.74, 6) is -0.919. The number of hydrogen-bond donors (Lipinski definition) is 2. The molecule has 9 heteroatoms. The molecule has 2 N–H and O–H groups in total. The summed E-state index contributed by atoms with van der Waals surface area (Å²) in [5, 5.41) is 5.62. The van der Waals surface area contributed by atoms with Gasteiger partial charge in [-0.2, -0.15) is 0 Å². The Bertz CT molecular complexity index is 1210. The van der Waals surface area contributed by atoms with Crippen LogP contribution in [0.5, 0.6) is 0 Å². The number of halogens is 1. The third-order valence-corrected chi connectivity index (χ3v) is 7.37. The Labute approximate surface area is 234 Å². The van der Waals surface area contributed by atoms with E-state index < -0.39 is 23.3 Å². The van der Waals surface area contributed by atoms with E-state index in [1.165, 1.54) is 18.5 Å². The molecule has 1 aliphatic heterocycles. The molecule has 39 heavy (non-hydrogen) atoms. The number of amides is 3. The topological polar surface area (TPSA) is 104 Å². The maximum Gasteiger partial charge on any atom is 0.255 e. The molecule has 1 aromatic carbocycles. The van der Waals surface area contributed by atoms with Crippen molar-refractivity contribution in [2.45, 2.75) is 110 Å². The summed E-state index contributed by atoms with van der Waals surface area (Å²) >= 11 is 0. The fourth-order valence-electron chi connectivity index (χ4n) is 4.82. The summed E-state index contributed by atoms with van der Waals surface area (Å²) in [5.41, 5.74) is -0.434. The first-order valence-corrected chi connectivity index (χ1v) is 13.9. The van der Waals surface area contributed by atoms with Crippen molar-refractivity contribution in [2.75, 3.05) is 0 Å². The van der Waals surface area contributed by atoms with Gasteiger partial charge in [-0.3, -0.25) is 14.4 Å². The normalized spacial score (nSPS) is 20.4. The van der Waals surface area contributed by atoms with Gasteiger partial charge in [0, 0.05) is 43.9 Å². The summed E-state index contributed by atoms with van der Waals surface area (Å²) in [7, 11) is 0. The molecule has 0 radical (unpaired) electrons. The van der Waals surface area contributed by atoms with Gasteiger partial charge < -0.3 is 15.5 Å². The third-order valence-electron chi connectivity index (χ3n) is 7.37. The van der Waals surface area contributed by atoms with Crippen molar-refractivity contribution in [1.29, 1.82) is 0 Å². The molecule has 2 heterocycles. The Morgan fingerprint density at radius 2 is 1.62 bits per heavy atom. The molecule has 3 atom stereocenters. The Morgan fingerprint density at radius 1 is 1.05 bits per heavy atom. The van der Waals surface area contributed by atoms with Crippen molar-refractivity contribution < 1.29 is 21.6 Å². The molecule has 4 rings (SSSR count). The molecule has 1 aliphatic carbocycles. The van der Waals surface area contributed by atoms with Crippen LogP contribution in [0.2, 0.25) is 0 Å². The Morgan fingerprint density at radius 3 is 2.10 bits per heavy atom. The summed E-state index contributed by atoms with van der Waals surface area (Å²) in [4.78, 5) is 49.1. The van der Waals surface area contributed by atoms with E-state index >= 15 is 4.39 Å². The molecule has 8 nitrogen and oxygen atoms in total. The summed E-state index contributed by atoms with van der Waals surface area (Å²) in [6.07, 6.45) is 5.76. The Balaban J connectivity index is 0.00000206. The SMILES string of the molecule is CC.C[C@@H]1CC[C@H](C)N1C(=O)c1ccc([C@@H](C)NC(=O)C2(NC(=O)c3cnc(C(C)(C)C)nc3)CC2)c(F)c1.[HH].[HH]. The van der Waals surface area contributed by atoms with E-state index in [2.05, 4.69) is 20.6 Å². The van der Waals surface area contributed by atoms with Gasteiger partial charge in [-0.25, -0.2) is 14.4 Å². The van der Waals surface area contributed by atoms with Gasteiger partial charge in [0.1, 0.15) is 17.2 Å². The van der Waals surface area contributed by atoms with E-state index in [4.69, 9.17) is 0 Å². The zero-order valence-corrected chi connectivity index (χ0v) is 24.4. The molecule has 0 unspecified atom stereocenters. The molecule has 216 valence electrons. The molecule has 2 aromatic rings. The highest BCUT2D eigenvalue weighted by molar-refractivity contribution is 6.00. The second kappa shape index (κ2) is 11.8. The standard InChI is InChI=1S/C28H36FN5O3.C2H6.2H2/c1-16-7-8-17(2)34(16)24(36)19-9-10-21(22(29)13-19)18(3)32-26(37)28(11-12-28)33-23(35)20-14-30-25(31-15-20)27(4,5)6;1-2;;/h9-10,13-18H,7-8,11-12H2,1-6H3,(H,32,37)(H,33,35);1-2H3;2*1H/t16-,17+,18-;;;/m1.../s1. The molecule has 2 aliphatic rings. The summed E-state index contributed by atoms with van der Waals surface area (Å²) < 4.78 is 15.0. The number of carbonyl (C=O) groups is 3. The smallest absolute Gasteiger partial charge is 0.255 e. The highest BCUT2D eigenvalue weighted by Gasteiger charge is 2.51. The van der Waals surface area contributed by atoms with Gasteiger partial charge in [-0.1, -0.05) is 40.7 Å². The monoisotopic (exact) mass is 543 g/mol. The van der Waals surface area contributed by atoms with E-state index in [0.717, 1.165) is 12.8 Å². The number of nitrogens with zero attached hydrogens (tertiary/aromatic N) is 3. The van der Waals surface area contributed by atoms with Crippen LogP contribution in [-0.4, -0.2) is 50.2 Å². The largest absolute Gasteiger partial charge is 0.347 e. The molecule has 1 saturated carbocycles. The zero-order valence-electron chi connectivity index (χ0n) is 24.4. The van der Waals surface area contributed by atoms with Crippen LogP contribution in [0.25, 0.3) is 0 Å². The maximum atomic E-state index is 15.0. The van der Waals surface area contributed by atoms with Gasteiger partial charge in [0.05, 0.1) is 11.6 Å². The number of nitrogens with one attached hydrogen (secondary N) is 2. The van der Waals surface area contributed by atoms with Crippen LogP contribution in [-0.2, 0) is 10.2 Å². The Hall–Kier alpha value is -3.36. The number of carbonyl (C=O) groups excluding carboxylic acids is 3. The van der Waals surface area contributed by atoms with Gasteiger partial charge in [0.25, 0.3) is 11.8 Å². The van der Waals surface area contributed by atoms with Crippen molar-refractivity contribution in [3.8, 4) is 0 Å². The van der Waals surface area contributed by atoms with Crippen LogP contribution in [0, 0.1) is 5.82 Å². The molecule has 3 amide bonds. The Kier molecular flexibility index (Phi) is 9.13. The number of aromatic nitrogens is 2. The molecule has 0 spiro atoms. The molecule has 2 fully saturated rings. The lowest BCUT2D eigenvalue weighted by molar-refractivity contribution is -0.124. The predicted octanol–water partition coefficient (Wildman–Crippen LogP) is 5.58. The number of hydrogen-bond acceptors (Lipinski definition) is 5. The summed E-state index contributed by atoms with van der Waals surface area (Å²) in [6.45, 7) is 15.6. The fraction of sp³-hybridized carbons (Fsp3) is 0.567. The van der Waals surface area contributed by atoms with Crippen molar-refractivity contribution in [1.82, 2.24) is 25.5 Å². The van der Waals surface area contributed by atoms with Crippen molar-refractivity contribution in [3.63, 3.8) is 0 Å². The van der Waals surface area contributed by atoms with Crippen LogP contribution in [0.1, 0.15) is 122 Å². The van der Waals surface area contributed by atoms with E-state index in [0.29, 0.717) is 24.2 Å². The van der Waals surface area contributed by atoms with E-state index in [9.17, 15) is 14.4 Å². The number of benzene rings is 1. The van der Waals surface area contributed by atoms with Crippen molar-refractivity contribution in [3.05, 3.63) is 58.9 Å². The van der Waals surface area contributed by atoms with Crippen LogP contribution in [0.4, 0.5) is 4.39 Å². The minimum Gasteiger partial charge on any atom is -0.347 e. The molecular formula is C30H46FN5O3. The highest BCUT2D eigenvalue weighted by atomic mass is 19.1. The second-order valence-corrected chi connectivity index (χ2v) is 11.5. The average molecular weight is 544 g/mol.